The molecule has 1 saturated heterocycles. The van der Waals surface area contributed by atoms with Crippen LogP contribution in [0.1, 0.15) is 6.42 Å². The van der Waals surface area contributed by atoms with Gasteiger partial charge < -0.3 is 15.5 Å². The largest absolute Gasteiger partial charge is 0.366 e. The zero-order valence-electron chi connectivity index (χ0n) is 11.8. The van der Waals surface area contributed by atoms with Gasteiger partial charge in [0.25, 0.3) is 0 Å². The van der Waals surface area contributed by atoms with E-state index in [9.17, 15) is 8.42 Å². The number of likely N-dealkylation sites (N-methyl/N-ethyl adjacent to an activating group) is 1. The number of nitrogens with zero attached hydrogens (tertiary/aromatic N) is 3. The molecule has 112 valence electrons. The van der Waals surface area contributed by atoms with E-state index in [1.807, 2.05) is 14.1 Å². The Bertz CT molecular complexity index is 547. The van der Waals surface area contributed by atoms with Gasteiger partial charge in [0.15, 0.2) is 9.84 Å². The highest BCUT2D eigenvalue weighted by Crippen LogP contribution is 2.16. The average Bonchev–Trinajstić information content (AvgIpc) is 2.68. The van der Waals surface area contributed by atoms with Crippen molar-refractivity contribution in [1.82, 2.24) is 14.9 Å². The highest BCUT2D eigenvalue weighted by molar-refractivity contribution is 7.91. The number of hydrogen-bond donors (Lipinski definition) is 2. The van der Waals surface area contributed by atoms with E-state index in [0.717, 1.165) is 13.1 Å². The summed E-state index contributed by atoms with van der Waals surface area (Å²) in [6.45, 7) is 1.65. The van der Waals surface area contributed by atoms with E-state index >= 15 is 0 Å². The maximum Gasteiger partial charge on any atom is 0.224 e. The Kier molecular flexibility index (Phi) is 4.77. The van der Waals surface area contributed by atoms with Crippen LogP contribution in [0, 0.1) is 0 Å². The summed E-state index contributed by atoms with van der Waals surface area (Å²) < 4.78 is 22.8. The van der Waals surface area contributed by atoms with Gasteiger partial charge in [-0.25, -0.2) is 13.4 Å². The van der Waals surface area contributed by atoms with Gasteiger partial charge in [0.2, 0.25) is 5.95 Å². The first-order valence-corrected chi connectivity index (χ1v) is 8.45. The summed E-state index contributed by atoms with van der Waals surface area (Å²) in [6, 6.07) is 1.70. The molecule has 2 heterocycles. The third kappa shape index (κ3) is 4.61. The Balaban J connectivity index is 1.89. The molecule has 1 fully saturated rings. The third-order valence-corrected chi connectivity index (χ3v) is 4.85. The SMILES string of the molecule is CN(C)CCNc1nccc(NC2CCS(=O)(=O)C2)n1. The second kappa shape index (κ2) is 6.36. The van der Waals surface area contributed by atoms with Crippen molar-refractivity contribution in [2.75, 3.05) is 49.3 Å². The third-order valence-electron chi connectivity index (χ3n) is 3.08. The summed E-state index contributed by atoms with van der Waals surface area (Å²) in [5.41, 5.74) is 0. The zero-order chi connectivity index (χ0) is 14.6. The lowest BCUT2D eigenvalue weighted by atomic mass is 10.2. The fourth-order valence-electron chi connectivity index (χ4n) is 2.03. The molecule has 1 atom stereocenters. The molecule has 1 aliphatic rings. The number of hydrogen-bond acceptors (Lipinski definition) is 7. The molecule has 1 aliphatic heterocycles. The Hall–Kier alpha value is -1.41. The van der Waals surface area contributed by atoms with Gasteiger partial charge in [-0.15, -0.1) is 0 Å². The molecule has 0 bridgehead atoms. The predicted octanol–water partition coefficient (Wildman–Crippen LogP) is 0.0491. The Labute approximate surface area is 119 Å². The smallest absolute Gasteiger partial charge is 0.224 e. The fourth-order valence-corrected chi connectivity index (χ4v) is 3.71. The molecule has 0 aromatic carbocycles. The van der Waals surface area contributed by atoms with E-state index in [1.54, 1.807) is 12.3 Å². The van der Waals surface area contributed by atoms with Gasteiger partial charge in [-0.3, -0.25) is 0 Å². The number of rotatable bonds is 6. The summed E-state index contributed by atoms with van der Waals surface area (Å²) in [5, 5.41) is 6.29. The van der Waals surface area contributed by atoms with Crippen LogP contribution >= 0.6 is 0 Å². The van der Waals surface area contributed by atoms with Gasteiger partial charge in [-0.2, -0.15) is 4.98 Å². The normalized spacial score (nSPS) is 21.1. The van der Waals surface area contributed by atoms with Crippen LogP contribution < -0.4 is 10.6 Å². The van der Waals surface area contributed by atoms with Crippen LogP contribution in [-0.4, -0.2) is 68.0 Å². The van der Waals surface area contributed by atoms with Crippen LogP contribution in [0.25, 0.3) is 0 Å². The molecule has 0 amide bonds. The molecule has 8 heteroatoms. The maximum atomic E-state index is 11.4. The summed E-state index contributed by atoms with van der Waals surface area (Å²) in [7, 11) is 1.13. The number of sulfone groups is 1. The van der Waals surface area contributed by atoms with E-state index in [-0.39, 0.29) is 17.5 Å². The topological polar surface area (TPSA) is 87.2 Å². The van der Waals surface area contributed by atoms with Crippen molar-refractivity contribution < 1.29 is 8.42 Å². The highest BCUT2D eigenvalue weighted by Gasteiger charge is 2.27. The van der Waals surface area contributed by atoms with Gasteiger partial charge >= 0.3 is 0 Å². The first-order chi connectivity index (χ1) is 9.44. The summed E-state index contributed by atoms with van der Waals surface area (Å²) >= 11 is 0. The molecule has 1 aromatic rings. The van der Waals surface area contributed by atoms with Crippen LogP contribution in [0.2, 0.25) is 0 Å². The maximum absolute atomic E-state index is 11.4. The van der Waals surface area contributed by atoms with Gasteiger partial charge in [-0.1, -0.05) is 0 Å². The van der Waals surface area contributed by atoms with Crippen molar-refractivity contribution >= 4 is 21.6 Å². The Morgan fingerprint density at radius 3 is 2.90 bits per heavy atom. The van der Waals surface area contributed by atoms with Gasteiger partial charge in [-0.05, 0) is 26.6 Å². The van der Waals surface area contributed by atoms with Crippen molar-refractivity contribution in [2.45, 2.75) is 12.5 Å². The molecule has 7 nitrogen and oxygen atoms in total. The van der Waals surface area contributed by atoms with Gasteiger partial charge in [0, 0.05) is 25.3 Å². The molecule has 0 saturated carbocycles. The van der Waals surface area contributed by atoms with Crippen molar-refractivity contribution in [3.8, 4) is 0 Å². The number of aromatic nitrogens is 2. The van der Waals surface area contributed by atoms with Crippen LogP contribution in [0.4, 0.5) is 11.8 Å². The van der Waals surface area contributed by atoms with Crippen LogP contribution in [0.5, 0.6) is 0 Å². The lowest BCUT2D eigenvalue weighted by molar-refractivity contribution is 0.425. The van der Waals surface area contributed by atoms with Crippen molar-refractivity contribution in [2.24, 2.45) is 0 Å². The second-order valence-electron chi connectivity index (χ2n) is 5.24. The van der Waals surface area contributed by atoms with E-state index < -0.39 is 9.84 Å². The molecule has 2 N–H and O–H groups in total. The average molecular weight is 299 g/mol. The van der Waals surface area contributed by atoms with Crippen LogP contribution in [0.3, 0.4) is 0 Å². The predicted molar refractivity (Wildman–Crippen MR) is 79.8 cm³/mol. The van der Waals surface area contributed by atoms with Crippen molar-refractivity contribution in [1.29, 1.82) is 0 Å². The molecule has 0 spiro atoms. The van der Waals surface area contributed by atoms with Crippen LogP contribution in [0.15, 0.2) is 12.3 Å². The molecule has 1 aromatic heterocycles. The number of nitrogens with one attached hydrogen (secondary N) is 2. The summed E-state index contributed by atoms with van der Waals surface area (Å²) in [4.78, 5) is 10.5. The lowest BCUT2D eigenvalue weighted by Crippen LogP contribution is -2.23. The first kappa shape index (κ1) is 15.0. The van der Waals surface area contributed by atoms with Crippen LogP contribution in [-0.2, 0) is 9.84 Å². The minimum absolute atomic E-state index is 0.0514. The quantitative estimate of drug-likeness (QED) is 0.767. The lowest BCUT2D eigenvalue weighted by Gasteiger charge is -2.13. The van der Waals surface area contributed by atoms with Gasteiger partial charge in [0.05, 0.1) is 11.5 Å². The monoisotopic (exact) mass is 299 g/mol. The van der Waals surface area contributed by atoms with Crippen molar-refractivity contribution in [3.63, 3.8) is 0 Å². The zero-order valence-corrected chi connectivity index (χ0v) is 12.7. The van der Waals surface area contributed by atoms with Gasteiger partial charge in [0.1, 0.15) is 5.82 Å². The van der Waals surface area contributed by atoms with E-state index in [2.05, 4.69) is 25.5 Å². The fraction of sp³-hybridized carbons (Fsp3) is 0.667. The summed E-state index contributed by atoms with van der Waals surface area (Å²) in [5.74, 6) is 1.65. The highest BCUT2D eigenvalue weighted by atomic mass is 32.2. The molecular weight excluding hydrogens is 278 g/mol. The Morgan fingerprint density at radius 2 is 2.25 bits per heavy atom. The molecule has 0 radical (unpaired) electrons. The number of anilines is 2. The van der Waals surface area contributed by atoms with E-state index in [4.69, 9.17) is 0 Å². The molecule has 1 unspecified atom stereocenters. The molecule has 2 rings (SSSR count). The minimum Gasteiger partial charge on any atom is -0.366 e. The van der Waals surface area contributed by atoms with E-state index in [0.29, 0.717) is 18.2 Å². The standard InChI is InChI=1S/C12H21N5O2S/c1-17(2)7-6-14-12-13-5-3-11(16-12)15-10-4-8-20(18,19)9-10/h3,5,10H,4,6-9H2,1-2H3,(H2,13,14,15,16). The first-order valence-electron chi connectivity index (χ1n) is 6.63. The minimum atomic E-state index is -2.88. The van der Waals surface area contributed by atoms with Crippen molar-refractivity contribution in [3.05, 3.63) is 12.3 Å². The molecular formula is C12H21N5O2S. The molecule has 20 heavy (non-hydrogen) atoms. The molecule has 0 aliphatic carbocycles. The summed E-state index contributed by atoms with van der Waals surface area (Å²) in [6.07, 6.45) is 2.30. The van der Waals surface area contributed by atoms with E-state index in [1.165, 1.54) is 0 Å². The second-order valence-corrected chi connectivity index (χ2v) is 7.47. The Morgan fingerprint density at radius 1 is 1.45 bits per heavy atom.